The van der Waals surface area contributed by atoms with Gasteiger partial charge in [0.25, 0.3) is 5.91 Å². The molecule has 4 rings (SSSR count). The number of aryl methyl sites for hydroxylation is 1. The average Bonchev–Trinajstić information content (AvgIpc) is 3.37. The van der Waals surface area contributed by atoms with Gasteiger partial charge in [-0.2, -0.15) is 5.10 Å². The van der Waals surface area contributed by atoms with E-state index in [1.807, 2.05) is 11.6 Å². The number of ether oxygens (including phenoxy) is 2. The van der Waals surface area contributed by atoms with Crippen LogP contribution < -0.4 is 5.32 Å². The molecule has 0 radical (unpaired) electrons. The van der Waals surface area contributed by atoms with E-state index in [1.165, 1.54) is 0 Å². The molecule has 1 spiro atoms. The Hall–Kier alpha value is -1.89. The first kappa shape index (κ1) is 21.3. The Morgan fingerprint density at radius 3 is 2.77 bits per heavy atom. The van der Waals surface area contributed by atoms with Gasteiger partial charge in [0.15, 0.2) is 0 Å². The molecule has 1 saturated heterocycles. The number of esters is 1. The molecule has 3 heterocycles. The van der Waals surface area contributed by atoms with Crippen molar-refractivity contribution in [1.29, 1.82) is 0 Å². The number of nitrogens with one attached hydrogen (secondary N) is 1. The maximum atomic E-state index is 12.9. The van der Waals surface area contributed by atoms with Crippen LogP contribution in [0.2, 0.25) is 0 Å². The fourth-order valence-corrected chi connectivity index (χ4v) is 5.18. The molecule has 0 unspecified atom stereocenters. The van der Waals surface area contributed by atoms with E-state index in [1.54, 1.807) is 0 Å². The predicted molar refractivity (Wildman–Crippen MR) is 112 cm³/mol. The minimum absolute atomic E-state index is 0.00298. The largest absolute Gasteiger partial charge is 0.465 e. The van der Waals surface area contributed by atoms with Gasteiger partial charge in [-0.1, -0.05) is 26.7 Å². The standard InChI is InChI=1S/C23H35N3O4/c1-3-18-20-19(12-23(15-24-21(20)27)8-10-29-11-9-23)26(25-18)13-16(2)14-30-22(28)17-6-4-5-7-17/h16-17H,3-15H2,1-2H3,(H,24,27)/t16-/m1/s1. The van der Waals surface area contributed by atoms with Gasteiger partial charge in [0.05, 0.1) is 29.5 Å². The lowest BCUT2D eigenvalue weighted by Gasteiger charge is -2.36. The summed E-state index contributed by atoms with van der Waals surface area (Å²) < 4.78 is 13.2. The van der Waals surface area contributed by atoms with Gasteiger partial charge in [0.2, 0.25) is 0 Å². The molecule has 0 aromatic carbocycles. The summed E-state index contributed by atoms with van der Waals surface area (Å²) in [7, 11) is 0. The van der Waals surface area contributed by atoms with Gasteiger partial charge >= 0.3 is 5.97 Å². The summed E-state index contributed by atoms with van der Waals surface area (Å²) >= 11 is 0. The van der Waals surface area contributed by atoms with Gasteiger partial charge in [-0.25, -0.2) is 0 Å². The predicted octanol–water partition coefficient (Wildman–Crippen LogP) is 2.90. The van der Waals surface area contributed by atoms with E-state index in [0.717, 1.165) is 81.5 Å². The van der Waals surface area contributed by atoms with Gasteiger partial charge in [0.1, 0.15) is 0 Å². The molecule has 1 amide bonds. The van der Waals surface area contributed by atoms with E-state index in [4.69, 9.17) is 14.6 Å². The van der Waals surface area contributed by atoms with Crippen LogP contribution in [0.4, 0.5) is 0 Å². The molecule has 1 saturated carbocycles. The first-order valence-corrected chi connectivity index (χ1v) is 11.6. The molecular weight excluding hydrogens is 382 g/mol. The first-order valence-electron chi connectivity index (χ1n) is 11.6. The highest BCUT2D eigenvalue weighted by molar-refractivity contribution is 5.97. The molecule has 2 aliphatic heterocycles. The van der Waals surface area contributed by atoms with E-state index in [0.29, 0.717) is 19.7 Å². The quantitative estimate of drug-likeness (QED) is 0.720. The number of rotatable bonds is 6. The molecule has 7 heteroatoms. The van der Waals surface area contributed by atoms with Crippen LogP contribution in [0.3, 0.4) is 0 Å². The molecule has 1 N–H and O–H groups in total. The average molecular weight is 418 g/mol. The van der Waals surface area contributed by atoms with Crippen LogP contribution in [-0.4, -0.2) is 48.0 Å². The zero-order chi connectivity index (χ0) is 21.1. The van der Waals surface area contributed by atoms with Gasteiger partial charge in [-0.05, 0) is 43.9 Å². The number of carbonyl (C=O) groups is 2. The Kier molecular flexibility index (Phi) is 6.46. The summed E-state index contributed by atoms with van der Waals surface area (Å²) in [5, 5.41) is 7.97. The van der Waals surface area contributed by atoms with E-state index < -0.39 is 0 Å². The molecule has 1 aromatic rings. The van der Waals surface area contributed by atoms with Crippen molar-refractivity contribution in [2.24, 2.45) is 17.3 Å². The fourth-order valence-electron chi connectivity index (χ4n) is 5.18. The fraction of sp³-hybridized carbons (Fsp3) is 0.783. The van der Waals surface area contributed by atoms with Crippen molar-refractivity contribution in [2.75, 3.05) is 26.4 Å². The van der Waals surface area contributed by atoms with Crippen molar-refractivity contribution in [1.82, 2.24) is 15.1 Å². The highest BCUT2D eigenvalue weighted by atomic mass is 16.5. The van der Waals surface area contributed by atoms with Crippen LogP contribution in [-0.2, 0) is 33.7 Å². The highest BCUT2D eigenvalue weighted by Crippen LogP contribution is 2.37. The van der Waals surface area contributed by atoms with Crippen LogP contribution >= 0.6 is 0 Å². The van der Waals surface area contributed by atoms with Crippen LogP contribution in [0.15, 0.2) is 0 Å². The number of fused-ring (bicyclic) bond motifs is 1. The topological polar surface area (TPSA) is 82.5 Å². The Labute approximate surface area is 178 Å². The van der Waals surface area contributed by atoms with Crippen LogP contribution in [0.5, 0.6) is 0 Å². The lowest BCUT2D eigenvalue weighted by molar-refractivity contribution is -0.149. The van der Waals surface area contributed by atoms with Crippen LogP contribution in [0.1, 0.15) is 74.1 Å². The number of aromatic nitrogens is 2. The van der Waals surface area contributed by atoms with Crippen LogP contribution in [0, 0.1) is 17.3 Å². The Morgan fingerprint density at radius 1 is 1.33 bits per heavy atom. The summed E-state index contributed by atoms with van der Waals surface area (Å²) in [4.78, 5) is 25.2. The second-order valence-electron chi connectivity index (χ2n) is 9.49. The number of amides is 1. The SMILES string of the molecule is CCc1nn(C[C@@H](C)COC(=O)C2CCCC2)c2c1C(=O)NCC1(CCOCC1)C2. The van der Waals surface area contributed by atoms with E-state index in [-0.39, 0.29) is 29.1 Å². The van der Waals surface area contributed by atoms with Crippen molar-refractivity contribution < 1.29 is 19.1 Å². The molecule has 1 aliphatic carbocycles. The van der Waals surface area contributed by atoms with Gasteiger partial charge in [-0.15, -0.1) is 0 Å². The van der Waals surface area contributed by atoms with Crippen molar-refractivity contribution in [2.45, 2.75) is 71.8 Å². The molecule has 30 heavy (non-hydrogen) atoms. The van der Waals surface area contributed by atoms with Crippen molar-refractivity contribution >= 4 is 11.9 Å². The zero-order valence-corrected chi connectivity index (χ0v) is 18.4. The lowest BCUT2D eigenvalue weighted by atomic mass is 9.76. The molecule has 3 aliphatic rings. The maximum absolute atomic E-state index is 12.9. The van der Waals surface area contributed by atoms with Crippen molar-refractivity contribution in [3.8, 4) is 0 Å². The third-order valence-electron chi connectivity index (χ3n) is 7.10. The number of hydrogen-bond acceptors (Lipinski definition) is 5. The van der Waals surface area contributed by atoms with Gasteiger partial charge < -0.3 is 14.8 Å². The van der Waals surface area contributed by atoms with Crippen LogP contribution in [0.25, 0.3) is 0 Å². The molecule has 2 fully saturated rings. The van der Waals surface area contributed by atoms with E-state index in [9.17, 15) is 9.59 Å². The summed E-state index contributed by atoms with van der Waals surface area (Å²) in [6.45, 7) is 7.37. The smallest absolute Gasteiger partial charge is 0.308 e. The second-order valence-corrected chi connectivity index (χ2v) is 9.49. The maximum Gasteiger partial charge on any atom is 0.308 e. The lowest BCUT2D eigenvalue weighted by Crippen LogP contribution is -2.41. The summed E-state index contributed by atoms with van der Waals surface area (Å²) in [6, 6.07) is 0. The van der Waals surface area contributed by atoms with E-state index >= 15 is 0 Å². The number of nitrogens with zero attached hydrogens (tertiary/aromatic N) is 2. The highest BCUT2D eigenvalue weighted by Gasteiger charge is 2.39. The third-order valence-corrected chi connectivity index (χ3v) is 7.10. The van der Waals surface area contributed by atoms with Crippen molar-refractivity contribution in [3.05, 3.63) is 17.0 Å². The minimum Gasteiger partial charge on any atom is -0.465 e. The van der Waals surface area contributed by atoms with Gasteiger partial charge in [-0.3, -0.25) is 14.3 Å². The Balaban J connectivity index is 1.49. The number of hydrogen-bond donors (Lipinski definition) is 1. The normalized spacial score (nSPS) is 22.4. The Bertz CT molecular complexity index is 776. The molecule has 1 atom stereocenters. The Morgan fingerprint density at radius 2 is 2.07 bits per heavy atom. The molecular formula is C23H35N3O4. The molecule has 1 aromatic heterocycles. The van der Waals surface area contributed by atoms with Crippen molar-refractivity contribution in [3.63, 3.8) is 0 Å². The summed E-state index contributed by atoms with van der Waals surface area (Å²) in [6.07, 6.45) is 7.64. The molecule has 0 bridgehead atoms. The zero-order valence-electron chi connectivity index (χ0n) is 18.4. The third kappa shape index (κ3) is 4.41. The summed E-state index contributed by atoms with van der Waals surface area (Å²) in [5.41, 5.74) is 2.70. The molecule has 166 valence electrons. The molecule has 7 nitrogen and oxygen atoms in total. The second kappa shape index (κ2) is 9.08. The number of carbonyl (C=O) groups excluding carboxylic acids is 2. The minimum atomic E-state index is -0.0478. The summed E-state index contributed by atoms with van der Waals surface area (Å²) in [5.74, 6) is 0.174. The van der Waals surface area contributed by atoms with E-state index in [2.05, 4.69) is 12.2 Å². The van der Waals surface area contributed by atoms with Gasteiger partial charge in [0, 0.05) is 32.2 Å². The first-order chi connectivity index (χ1) is 14.5. The monoisotopic (exact) mass is 417 g/mol.